The van der Waals surface area contributed by atoms with Gasteiger partial charge >= 0.3 is 0 Å². The molecule has 0 spiro atoms. The lowest BCUT2D eigenvalue weighted by atomic mass is 9.95. The molecule has 3 unspecified atom stereocenters. The zero-order valence-electron chi connectivity index (χ0n) is 11.7. The number of carbonyl (C=O) groups is 1. The molecule has 1 aliphatic heterocycles. The van der Waals surface area contributed by atoms with Crippen LogP contribution in [-0.2, 0) is 4.79 Å². The maximum Gasteiger partial charge on any atom is 0.237 e. The molecule has 0 aromatic carbocycles. The minimum atomic E-state index is -0.311. The second-order valence-corrected chi connectivity index (χ2v) is 6.24. The third-order valence-corrected chi connectivity index (χ3v) is 3.38. The van der Waals surface area contributed by atoms with Crippen molar-refractivity contribution in [2.75, 3.05) is 13.1 Å². The van der Waals surface area contributed by atoms with Gasteiger partial charge in [-0.2, -0.15) is 0 Å². The van der Waals surface area contributed by atoms with Crippen LogP contribution >= 0.6 is 0 Å². The number of rotatable bonds is 2. The largest absolute Gasteiger partial charge is 0.392 e. The number of aliphatic hydroxyl groups excluding tert-OH is 1. The number of carbonyl (C=O) groups excluding carboxylic acids is 1. The Labute approximate surface area is 104 Å². The number of aliphatic hydroxyl groups is 1. The lowest BCUT2D eigenvalue weighted by Crippen LogP contribution is -2.55. The van der Waals surface area contributed by atoms with Gasteiger partial charge in [-0.1, -0.05) is 6.92 Å². The first-order valence-electron chi connectivity index (χ1n) is 6.45. The molecule has 1 saturated heterocycles. The first-order valence-corrected chi connectivity index (χ1v) is 6.45. The molecule has 0 aromatic rings. The Bertz CT molecular complexity index is 273. The molecule has 0 aliphatic carbocycles. The van der Waals surface area contributed by atoms with Gasteiger partial charge in [0.1, 0.15) is 0 Å². The minimum absolute atomic E-state index is 0.0410. The van der Waals surface area contributed by atoms with E-state index < -0.39 is 0 Å². The Morgan fingerprint density at radius 1 is 1.47 bits per heavy atom. The van der Waals surface area contributed by atoms with Gasteiger partial charge in [-0.15, -0.1) is 0 Å². The van der Waals surface area contributed by atoms with Crippen LogP contribution in [0.25, 0.3) is 0 Å². The number of hydrogen-bond donors (Lipinski definition) is 2. The highest BCUT2D eigenvalue weighted by Crippen LogP contribution is 2.19. The summed E-state index contributed by atoms with van der Waals surface area (Å²) in [4.78, 5) is 14.1. The molecule has 1 rings (SSSR count). The van der Waals surface area contributed by atoms with E-state index >= 15 is 0 Å². The van der Waals surface area contributed by atoms with E-state index in [2.05, 4.69) is 17.1 Å². The summed E-state index contributed by atoms with van der Waals surface area (Å²) >= 11 is 0. The number of amides is 1. The molecular formula is C13H26N2O2. The van der Waals surface area contributed by atoms with Crippen LogP contribution in [-0.4, -0.2) is 46.7 Å². The zero-order valence-corrected chi connectivity index (χ0v) is 11.7. The van der Waals surface area contributed by atoms with Gasteiger partial charge in [0.2, 0.25) is 5.91 Å². The normalized spacial score (nSPS) is 28.8. The van der Waals surface area contributed by atoms with Crippen molar-refractivity contribution in [1.82, 2.24) is 10.2 Å². The molecule has 1 amide bonds. The number of nitrogens with one attached hydrogen (secondary N) is 1. The fourth-order valence-electron chi connectivity index (χ4n) is 2.06. The summed E-state index contributed by atoms with van der Waals surface area (Å²) in [7, 11) is 0. The Balaban J connectivity index is 2.53. The lowest BCUT2D eigenvalue weighted by Gasteiger charge is -2.38. The third-order valence-electron chi connectivity index (χ3n) is 3.38. The van der Waals surface area contributed by atoms with E-state index in [0.717, 1.165) is 13.0 Å². The van der Waals surface area contributed by atoms with Gasteiger partial charge in [0.15, 0.2) is 0 Å². The maximum absolute atomic E-state index is 12.0. The van der Waals surface area contributed by atoms with Gasteiger partial charge in [0, 0.05) is 12.1 Å². The third kappa shape index (κ3) is 4.28. The van der Waals surface area contributed by atoms with Crippen molar-refractivity contribution < 1.29 is 9.90 Å². The minimum Gasteiger partial charge on any atom is -0.392 e. The van der Waals surface area contributed by atoms with E-state index in [1.807, 2.05) is 27.7 Å². The van der Waals surface area contributed by atoms with Crippen molar-refractivity contribution in [3.63, 3.8) is 0 Å². The SMILES string of the molecule is CC1CCN(C(C)C(=O)NC(C)(C)C)CC1O. The Morgan fingerprint density at radius 3 is 2.53 bits per heavy atom. The second kappa shape index (κ2) is 5.36. The molecule has 0 aromatic heterocycles. The van der Waals surface area contributed by atoms with Crippen LogP contribution < -0.4 is 5.32 Å². The van der Waals surface area contributed by atoms with Gasteiger partial charge in [-0.05, 0) is 46.6 Å². The van der Waals surface area contributed by atoms with Crippen LogP contribution in [0.1, 0.15) is 41.0 Å². The topological polar surface area (TPSA) is 52.6 Å². The highest BCUT2D eigenvalue weighted by atomic mass is 16.3. The highest BCUT2D eigenvalue weighted by molar-refractivity contribution is 5.81. The Hall–Kier alpha value is -0.610. The Kier molecular flexibility index (Phi) is 4.55. The second-order valence-electron chi connectivity index (χ2n) is 6.24. The predicted octanol–water partition coefficient (Wildman–Crippen LogP) is 0.992. The van der Waals surface area contributed by atoms with Gasteiger partial charge in [0.05, 0.1) is 12.1 Å². The average molecular weight is 242 g/mol. The average Bonchev–Trinajstić information content (AvgIpc) is 2.18. The number of likely N-dealkylation sites (tertiary alicyclic amines) is 1. The van der Waals surface area contributed by atoms with Gasteiger partial charge in [0.25, 0.3) is 0 Å². The summed E-state index contributed by atoms with van der Waals surface area (Å²) in [5.74, 6) is 0.378. The number of nitrogens with zero attached hydrogens (tertiary/aromatic N) is 1. The first kappa shape index (κ1) is 14.5. The molecule has 1 fully saturated rings. The van der Waals surface area contributed by atoms with Crippen LogP contribution in [0.3, 0.4) is 0 Å². The van der Waals surface area contributed by atoms with Crippen LogP contribution in [0.15, 0.2) is 0 Å². The van der Waals surface area contributed by atoms with Crippen molar-refractivity contribution in [1.29, 1.82) is 0 Å². The fraction of sp³-hybridized carbons (Fsp3) is 0.923. The van der Waals surface area contributed by atoms with Crippen molar-refractivity contribution in [2.24, 2.45) is 5.92 Å². The van der Waals surface area contributed by atoms with E-state index in [9.17, 15) is 9.90 Å². The molecule has 0 bridgehead atoms. The molecule has 1 heterocycles. The van der Waals surface area contributed by atoms with Gasteiger partial charge in [-0.3, -0.25) is 9.69 Å². The number of β-amino-alcohol motifs (C(OH)–C–C–N with tert-alkyl or cyclic N) is 1. The quantitative estimate of drug-likeness (QED) is 0.759. The van der Waals surface area contributed by atoms with E-state index in [0.29, 0.717) is 12.5 Å². The van der Waals surface area contributed by atoms with Crippen LogP contribution in [0.5, 0.6) is 0 Å². The van der Waals surface area contributed by atoms with E-state index in [4.69, 9.17) is 0 Å². The van der Waals surface area contributed by atoms with Crippen LogP contribution in [0.2, 0.25) is 0 Å². The molecule has 1 aliphatic rings. The standard InChI is InChI=1S/C13H26N2O2/c1-9-6-7-15(8-11(9)16)10(2)12(17)14-13(3,4)5/h9-11,16H,6-8H2,1-5H3,(H,14,17). The molecule has 0 radical (unpaired) electrons. The van der Waals surface area contributed by atoms with Crippen molar-refractivity contribution in [2.45, 2.75) is 58.7 Å². The molecule has 100 valence electrons. The summed E-state index contributed by atoms with van der Waals surface area (Å²) in [6.45, 7) is 11.4. The molecule has 0 saturated carbocycles. The van der Waals surface area contributed by atoms with Gasteiger partial charge < -0.3 is 10.4 Å². The summed E-state index contributed by atoms with van der Waals surface area (Å²) in [5.41, 5.74) is -0.201. The van der Waals surface area contributed by atoms with E-state index in [1.54, 1.807) is 0 Å². The molecule has 4 nitrogen and oxygen atoms in total. The molecule has 2 N–H and O–H groups in total. The monoisotopic (exact) mass is 242 g/mol. The number of piperidine rings is 1. The molecule has 3 atom stereocenters. The predicted molar refractivity (Wildman–Crippen MR) is 68.7 cm³/mol. The summed E-state index contributed by atoms with van der Waals surface area (Å²) in [5, 5.41) is 12.8. The lowest BCUT2D eigenvalue weighted by molar-refractivity contribution is -0.129. The van der Waals surface area contributed by atoms with E-state index in [1.165, 1.54) is 0 Å². The maximum atomic E-state index is 12.0. The molecule has 4 heteroatoms. The smallest absolute Gasteiger partial charge is 0.237 e. The molecule has 17 heavy (non-hydrogen) atoms. The summed E-state index contributed by atoms with van der Waals surface area (Å²) < 4.78 is 0. The van der Waals surface area contributed by atoms with Crippen LogP contribution in [0.4, 0.5) is 0 Å². The Morgan fingerprint density at radius 2 is 2.06 bits per heavy atom. The summed E-state index contributed by atoms with van der Waals surface area (Å²) in [6.07, 6.45) is 0.641. The van der Waals surface area contributed by atoms with E-state index in [-0.39, 0.29) is 23.6 Å². The molecular weight excluding hydrogens is 216 g/mol. The highest BCUT2D eigenvalue weighted by Gasteiger charge is 2.31. The van der Waals surface area contributed by atoms with Crippen molar-refractivity contribution in [3.8, 4) is 0 Å². The summed E-state index contributed by atoms with van der Waals surface area (Å²) in [6, 6.07) is -0.170. The fourth-order valence-corrected chi connectivity index (χ4v) is 2.06. The van der Waals surface area contributed by atoms with Crippen molar-refractivity contribution >= 4 is 5.91 Å². The van der Waals surface area contributed by atoms with Gasteiger partial charge in [-0.25, -0.2) is 0 Å². The van der Waals surface area contributed by atoms with Crippen molar-refractivity contribution in [3.05, 3.63) is 0 Å². The van der Waals surface area contributed by atoms with Crippen LogP contribution in [0, 0.1) is 5.92 Å². The zero-order chi connectivity index (χ0) is 13.2. The number of hydrogen-bond acceptors (Lipinski definition) is 3. The first-order chi connectivity index (χ1) is 7.70.